The van der Waals surface area contributed by atoms with Crippen molar-refractivity contribution in [2.24, 2.45) is 11.8 Å². The first-order valence-electron chi connectivity index (χ1n) is 7.95. The maximum Gasteiger partial charge on any atom is 0.0983 e. The van der Waals surface area contributed by atoms with Gasteiger partial charge >= 0.3 is 0 Å². The van der Waals surface area contributed by atoms with Crippen molar-refractivity contribution in [3.05, 3.63) is 0 Å². The summed E-state index contributed by atoms with van der Waals surface area (Å²) < 4.78 is 0. The second kappa shape index (κ2) is 7.14. The first kappa shape index (κ1) is 13.9. The van der Waals surface area contributed by atoms with Crippen LogP contribution in [0.3, 0.4) is 0 Å². The molecule has 18 heavy (non-hydrogen) atoms. The highest BCUT2D eigenvalue weighted by molar-refractivity contribution is 4.98. The average Bonchev–Trinajstić information content (AvgIpc) is 2.64. The highest BCUT2D eigenvalue weighted by Crippen LogP contribution is 2.31. The minimum Gasteiger partial charge on any atom is -0.299 e. The Kier molecular flexibility index (Phi) is 5.50. The molecular weight excluding hydrogens is 220 g/mol. The van der Waals surface area contributed by atoms with Gasteiger partial charge in [-0.25, -0.2) is 0 Å². The molecule has 0 aromatic heterocycles. The minimum atomic E-state index is 0.107. The minimum absolute atomic E-state index is 0.107. The van der Waals surface area contributed by atoms with Crippen molar-refractivity contribution in [3.63, 3.8) is 0 Å². The van der Waals surface area contributed by atoms with Crippen LogP contribution >= 0.6 is 0 Å². The Labute approximate surface area is 112 Å². The van der Waals surface area contributed by atoms with Gasteiger partial charge in [0.05, 0.1) is 12.1 Å². The summed E-state index contributed by atoms with van der Waals surface area (Å²) >= 11 is 0. The molecule has 0 radical (unpaired) electrons. The second-order valence-corrected chi connectivity index (χ2v) is 6.49. The zero-order chi connectivity index (χ0) is 12.8. The highest BCUT2D eigenvalue weighted by Gasteiger charge is 2.28. The summed E-state index contributed by atoms with van der Waals surface area (Å²) in [5, 5.41) is 13.1. The molecule has 0 amide bonds. The van der Waals surface area contributed by atoms with Crippen molar-refractivity contribution in [2.45, 2.75) is 83.2 Å². The molecule has 0 aromatic rings. The summed E-state index contributed by atoms with van der Waals surface area (Å²) in [5.74, 6) is 1.41. The van der Waals surface area contributed by atoms with E-state index in [1.165, 1.54) is 64.2 Å². The van der Waals surface area contributed by atoms with Crippen LogP contribution in [0.2, 0.25) is 0 Å². The topological polar surface area (TPSA) is 35.8 Å². The van der Waals surface area contributed by atoms with Crippen molar-refractivity contribution in [1.29, 1.82) is 5.26 Å². The molecule has 0 bridgehead atoms. The van der Waals surface area contributed by atoms with Crippen molar-refractivity contribution < 1.29 is 0 Å². The molecule has 0 saturated heterocycles. The molecule has 0 aliphatic heterocycles. The molecule has 2 aliphatic carbocycles. The molecule has 0 spiro atoms. The Morgan fingerprint density at radius 1 is 1.00 bits per heavy atom. The van der Waals surface area contributed by atoms with Crippen molar-refractivity contribution >= 4 is 0 Å². The van der Waals surface area contributed by atoms with Gasteiger partial charge in [-0.2, -0.15) is 5.26 Å². The molecule has 102 valence electrons. The molecule has 2 aliphatic rings. The van der Waals surface area contributed by atoms with Crippen LogP contribution in [-0.4, -0.2) is 12.1 Å². The Morgan fingerprint density at radius 2 is 1.72 bits per heavy atom. The van der Waals surface area contributed by atoms with Gasteiger partial charge in [-0.15, -0.1) is 0 Å². The number of hydrogen-bond donors (Lipinski definition) is 1. The van der Waals surface area contributed by atoms with E-state index in [9.17, 15) is 5.26 Å². The molecule has 2 fully saturated rings. The maximum atomic E-state index is 9.45. The van der Waals surface area contributed by atoms with Crippen molar-refractivity contribution in [1.82, 2.24) is 5.32 Å². The van der Waals surface area contributed by atoms with Crippen molar-refractivity contribution in [3.8, 4) is 6.07 Å². The zero-order valence-corrected chi connectivity index (χ0v) is 11.8. The fourth-order valence-electron chi connectivity index (χ4n) is 3.76. The normalized spacial score (nSPS) is 32.4. The van der Waals surface area contributed by atoms with Gasteiger partial charge in [-0.1, -0.05) is 45.4 Å². The van der Waals surface area contributed by atoms with E-state index in [-0.39, 0.29) is 6.04 Å². The van der Waals surface area contributed by atoms with Crippen LogP contribution in [0.4, 0.5) is 0 Å². The van der Waals surface area contributed by atoms with Crippen LogP contribution < -0.4 is 5.32 Å². The van der Waals surface area contributed by atoms with Gasteiger partial charge in [0.25, 0.3) is 0 Å². The Balaban J connectivity index is 1.85. The standard InChI is InChI=1S/C16H28N2/c1-13-7-6-8-14(11-13)16(12-17)18-15-9-4-2-3-5-10-15/h13-16,18H,2-11H2,1H3. The van der Waals surface area contributed by atoms with Gasteiger partial charge < -0.3 is 0 Å². The zero-order valence-electron chi connectivity index (χ0n) is 11.8. The number of nitrogens with zero attached hydrogens (tertiary/aromatic N) is 1. The molecule has 1 N–H and O–H groups in total. The summed E-state index contributed by atoms with van der Waals surface area (Å²) in [4.78, 5) is 0. The largest absolute Gasteiger partial charge is 0.299 e. The summed E-state index contributed by atoms with van der Waals surface area (Å²) in [6.07, 6.45) is 13.2. The summed E-state index contributed by atoms with van der Waals surface area (Å²) in [6, 6.07) is 3.26. The molecule has 3 atom stereocenters. The van der Waals surface area contributed by atoms with Gasteiger partial charge in [0.1, 0.15) is 0 Å². The van der Waals surface area contributed by atoms with Crippen LogP contribution in [0.15, 0.2) is 0 Å². The SMILES string of the molecule is CC1CCCC(C(C#N)NC2CCCCCC2)C1. The molecule has 2 heteroatoms. The number of rotatable bonds is 3. The van der Waals surface area contributed by atoms with E-state index in [1.807, 2.05) is 0 Å². The van der Waals surface area contributed by atoms with Crippen molar-refractivity contribution in [2.75, 3.05) is 0 Å². The van der Waals surface area contributed by atoms with E-state index in [4.69, 9.17) is 0 Å². The Bertz CT molecular complexity index is 273. The lowest BCUT2D eigenvalue weighted by atomic mass is 9.78. The van der Waals surface area contributed by atoms with Gasteiger partial charge in [-0.05, 0) is 37.5 Å². The third-order valence-electron chi connectivity index (χ3n) is 4.86. The molecule has 0 heterocycles. The molecular formula is C16H28N2. The lowest BCUT2D eigenvalue weighted by Crippen LogP contribution is -2.43. The van der Waals surface area contributed by atoms with E-state index in [2.05, 4.69) is 18.3 Å². The fourth-order valence-corrected chi connectivity index (χ4v) is 3.76. The van der Waals surface area contributed by atoms with Crippen LogP contribution in [0.25, 0.3) is 0 Å². The molecule has 0 aromatic carbocycles. The lowest BCUT2D eigenvalue weighted by molar-refractivity contribution is 0.234. The van der Waals surface area contributed by atoms with Crippen LogP contribution in [0.1, 0.15) is 71.1 Å². The van der Waals surface area contributed by atoms with Gasteiger partial charge in [0, 0.05) is 6.04 Å². The summed E-state index contributed by atoms with van der Waals surface area (Å²) in [6.45, 7) is 2.34. The van der Waals surface area contributed by atoms with Crippen LogP contribution in [0.5, 0.6) is 0 Å². The molecule has 2 saturated carbocycles. The fraction of sp³-hybridized carbons (Fsp3) is 0.938. The van der Waals surface area contributed by atoms with E-state index in [0.717, 1.165) is 5.92 Å². The third-order valence-corrected chi connectivity index (χ3v) is 4.86. The Hall–Kier alpha value is -0.550. The first-order valence-corrected chi connectivity index (χ1v) is 7.95. The first-order chi connectivity index (χ1) is 8.79. The maximum absolute atomic E-state index is 9.45. The monoisotopic (exact) mass is 248 g/mol. The van der Waals surface area contributed by atoms with Crippen LogP contribution in [-0.2, 0) is 0 Å². The summed E-state index contributed by atoms with van der Waals surface area (Å²) in [7, 11) is 0. The van der Waals surface area contributed by atoms with E-state index >= 15 is 0 Å². The van der Waals surface area contributed by atoms with E-state index < -0.39 is 0 Å². The van der Waals surface area contributed by atoms with Crippen LogP contribution in [0, 0.1) is 23.2 Å². The second-order valence-electron chi connectivity index (χ2n) is 6.49. The summed E-state index contributed by atoms with van der Waals surface area (Å²) in [5.41, 5.74) is 0. The van der Waals surface area contributed by atoms with E-state index in [0.29, 0.717) is 12.0 Å². The predicted molar refractivity (Wildman–Crippen MR) is 75.1 cm³/mol. The average molecular weight is 248 g/mol. The van der Waals surface area contributed by atoms with Gasteiger partial charge in [0.15, 0.2) is 0 Å². The highest BCUT2D eigenvalue weighted by atomic mass is 15.0. The van der Waals surface area contributed by atoms with Gasteiger partial charge in [0.2, 0.25) is 0 Å². The molecule has 3 unspecified atom stereocenters. The number of hydrogen-bond acceptors (Lipinski definition) is 2. The van der Waals surface area contributed by atoms with Gasteiger partial charge in [-0.3, -0.25) is 5.32 Å². The predicted octanol–water partition coefficient (Wildman–Crippen LogP) is 4.02. The number of nitriles is 1. The molecule has 2 nitrogen and oxygen atoms in total. The quantitative estimate of drug-likeness (QED) is 0.766. The Morgan fingerprint density at radius 3 is 2.33 bits per heavy atom. The van der Waals surface area contributed by atoms with E-state index in [1.54, 1.807) is 0 Å². The third kappa shape index (κ3) is 3.99. The smallest absolute Gasteiger partial charge is 0.0983 e. The lowest BCUT2D eigenvalue weighted by Gasteiger charge is -2.32. The molecule has 2 rings (SSSR count). The number of nitrogens with one attached hydrogen (secondary N) is 1.